The van der Waals surface area contributed by atoms with Crippen LogP contribution in [0.1, 0.15) is 11.1 Å². The lowest BCUT2D eigenvalue weighted by atomic mass is 10.1. The summed E-state index contributed by atoms with van der Waals surface area (Å²) >= 11 is 5.97. The first-order valence-corrected chi connectivity index (χ1v) is 7.69. The van der Waals surface area contributed by atoms with E-state index in [2.05, 4.69) is 25.0 Å². The molecule has 0 saturated heterocycles. The minimum absolute atomic E-state index is 0.169. The molecule has 124 valence electrons. The number of esters is 1. The Balaban J connectivity index is 1.85. The van der Waals surface area contributed by atoms with Crippen LogP contribution in [0.25, 0.3) is 11.2 Å². The SMILES string of the molecule is CNc1nc(Cl)nc2c1ncn2Cc1ccc(CC(=O)OC)cc1. The molecule has 0 saturated carbocycles. The minimum atomic E-state index is -0.255. The average molecular weight is 346 g/mol. The molecule has 3 aromatic rings. The zero-order chi connectivity index (χ0) is 17.1. The highest BCUT2D eigenvalue weighted by Crippen LogP contribution is 2.21. The Bertz CT molecular complexity index is 876. The van der Waals surface area contributed by atoms with Crippen LogP contribution in [0.5, 0.6) is 0 Å². The van der Waals surface area contributed by atoms with Crippen molar-refractivity contribution in [3.8, 4) is 0 Å². The van der Waals surface area contributed by atoms with Gasteiger partial charge in [0.25, 0.3) is 0 Å². The smallest absolute Gasteiger partial charge is 0.309 e. The molecule has 0 radical (unpaired) electrons. The topological polar surface area (TPSA) is 81.9 Å². The predicted molar refractivity (Wildman–Crippen MR) is 91.1 cm³/mol. The second kappa shape index (κ2) is 6.84. The number of methoxy groups -OCH3 is 1. The van der Waals surface area contributed by atoms with Gasteiger partial charge in [-0.1, -0.05) is 24.3 Å². The highest BCUT2D eigenvalue weighted by atomic mass is 35.5. The van der Waals surface area contributed by atoms with Crippen LogP contribution in [0.4, 0.5) is 5.82 Å². The highest BCUT2D eigenvalue weighted by molar-refractivity contribution is 6.28. The number of halogens is 1. The lowest BCUT2D eigenvalue weighted by Gasteiger charge is -2.06. The van der Waals surface area contributed by atoms with Crippen LogP contribution in [-0.4, -0.2) is 39.6 Å². The van der Waals surface area contributed by atoms with Gasteiger partial charge in [-0.2, -0.15) is 9.97 Å². The molecule has 2 aromatic heterocycles. The molecule has 0 aliphatic rings. The van der Waals surface area contributed by atoms with E-state index in [-0.39, 0.29) is 17.7 Å². The Morgan fingerprint density at radius 2 is 1.96 bits per heavy atom. The second-order valence-corrected chi connectivity index (χ2v) is 5.54. The Morgan fingerprint density at radius 1 is 1.25 bits per heavy atom. The van der Waals surface area contributed by atoms with Gasteiger partial charge >= 0.3 is 5.97 Å². The van der Waals surface area contributed by atoms with Crippen LogP contribution in [0, 0.1) is 0 Å². The Labute approximate surface area is 143 Å². The van der Waals surface area contributed by atoms with E-state index in [4.69, 9.17) is 11.6 Å². The van der Waals surface area contributed by atoms with Crippen LogP contribution in [0.2, 0.25) is 5.28 Å². The first-order chi connectivity index (χ1) is 11.6. The largest absolute Gasteiger partial charge is 0.469 e. The molecule has 2 heterocycles. The number of aromatic nitrogens is 4. The summed E-state index contributed by atoms with van der Waals surface area (Å²) in [7, 11) is 3.14. The maximum atomic E-state index is 11.3. The van der Waals surface area contributed by atoms with Crippen molar-refractivity contribution in [2.24, 2.45) is 0 Å². The third-order valence-electron chi connectivity index (χ3n) is 3.63. The van der Waals surface area contributed by atoms with E-state index in [1.165, 1.54) is 7.11 Å². The van der Waals surface area contributed by atoms with Crippen molar-refractivity contribution >= 4 is 34.6 Å². The number of anilines is 1. The summed E-state index contributed by atoms with van der Waals surface area (Å²) in [6.45, 7) is 0.589. The summed E-state index contributed by atoms with van der Waals surface area (Å²) in [6, 6.07) is 7.75. The molecular formula is C16H16ClN5O2. The zero-order valence-electron chi connectivity index (χ0n) is 13.3. The maximum absolute atomic E-state index is 11.3. The summed E-state index contributed by atoms with van der Waals surface area (Å²) in [6.07, 6.45) is 1.97. The molecule has 3 rings (SSSR count). The van der Waals surface area contributed by atoms with E-state index in [0.29, 0.717) is 23.5 Å². The van der Waals surface area contributed by atoms with Crippen LogP contribution < -0.4 is 5.32 Å². The van der Waals surface area contributed by atoms with Crippen molar-refractivity contribution in [1.29, 1.82) is 0 Å². The number of carbonyl (C=O) groups is 1. The number of nitrogens with zero attached hydrogens (tertiary/aromatic N) is 4. The molecule has 1 aromatic carbocycles. The quantitative estimate of drug-likeness (QED) is 0.564. The summed E-state index contributed by atoms with van der Waals surface area (Å²) < 4.78 is 6.57. The summed E-state index contributed by atoms with van der Waals surface area (Å²) in [5.74, 6) is 0.339. The first kappa shape index (κ1) is 16.2. The Kier molecular flexibility index (Phi) is 4.61. The van der Waals surface area contributed by atoms with Gasteiger partial charge in [-0.3, -0.25) is 4.79 Å². The zero-order valence-corrected chi connectivity index (χ0v) is 14.0. The second-order valence-electron chi connectivity index (χ2n) is 5.21. The summed E-state index contributed by atoms with van der Waals surface area (Å²) in [5, 5.41) is 3.13. The van der Waals surface area contributed by atoms with Gasteiger partial charge in [0.05, 0.1) is 26.4 Å². The van der Waals surface area contributed by atoms with Crippen LogP contribution in [-0.2, 0) is 22.5 Å². The van der Waals surface area contributed by atoms with Gasteiger partial charge in [0.15, 0.2) is 17.0 Å². The molecule has 0 aliphatic carbocycles. The number of imidazole rings is 1. The van der Waals surface area contributed by atoms with Gasteiger partial charge in [0.2, 0.25) is 5.28 Å². The fraction of sp³-hybridized carbons (Fsp3) is 0.250. The lowest BCUT2D eigenvalue weighted by Crippen LogP contribution is -2.05. The molecule has 0 unspecified atom stereocenters. The number of hydrogen-bond acceptors (Lipinski definition) is 6. The Hall–Kier alpha value is -2.67. The van der Waals surface area contributed by atoms with E-state index < -0.39 is 0 Å². The molecule has 8 heteroatoms. The van der Waals surface area contributed by atoms with Crippen molar-refractivity contribution < 1.29 is 9.53 Å². The predicted octanol–water partition coefficient (Wildman–Crippen LogP) is 2.29. The molecule has 7 nitrogen and oxygen atoms in total. The lowest BCUT2D eigenvalue weighted by molar-refractivity contribution is -0.139. The molecule has 1 N–H and O–H groups in total. The first-order valence-electron chi connectivity index (χ1n) is 7.31. The highest BCUT2D eigenvalue weighted by Gasteiger charge is 2.12. The van der Waals surface area contributed by atoms with E-state index in [9.17, 15) is 4.79 Å². The van der Waals surface area contributed by atoms with Crippen LogP contribution >= 0.6 is 11.6 Å². The Morgan fingerprint density at radius 3 is 2.62 bits per heavy atom. The number of nitrogens with one attached hydrogen (secondary N) is 1. The third-order valence-corrected chi connectivity index (χ3v) is 3.79. The summed E-state index contributed by atoms with van der Waals surface area (Å²) in [4.78, 5) is 24.0. The van der Waals surface area contributed by atoms with E-state index in [0.717, 1.165) is 11.1 Å². The van der Waals surface area contributed by atoms with Crippen LogP contribution in [0.3, 0.4) is 0 Å². The van der Waals surface area contributed by atoms with Crippen molar-refractivity contribution in [3.63, 3.8) is 0 Å². The van der Waals surface area contributed by atoms with Gasteiger partial charge < -0.3 is 14.6 Å². The van der Waals surface area contributed by atoms with E-state index in [1.807, 2.05) is 28.8 Å². The number of fused-ring (bicyclic) bond motifs is 1. The molecule has 24 heavy (non-hydrogen) atoms. The van der Waals surface area contributed by atoms with E-state index >= 15 is 0 Å². The van der Waals surface area contributed by atoms with Crippen molar-refractivity contribution in [2.45, 2.75) is 13.0 Å². The number of carbonyl (C=O) groups excluding carboxylic acids is 1. The van der Waals surface area contributed by atoms with Gasteiger partial charge in [-0.05, 0) is 22.7 Å². The fourth-order valence-electron chi connectivity index (χ4n) is 2.41. The maximum Gasteiger partial charge on any atom is 0.309 e. The number of ether oxygens (including phenoxy) is 1. The third kappa shape index (κ3) is 3.30. The summed E-state index contributed by atoms with van der Waals surface area (Å²) in [5.41, 5.74) is 3.30. The molecule has 0 fully saturated rings. The number of benzene rings is 1. The minimum Gasteiger partial charge on any atom is -0.469 e. The van der Waals surface area contributed by atoms with Crippen molar-refractivity contribution in [1.82, 2.24) is 19.5 Å². The fourth-order valence-corrected chi connectivity index (χ4v) is 2.57. The monoisotopic (exact) mass is 345 g/mol. The molecule has 0 atom stereocenters. The van der Waals surface area contributed by atoms with E-state index in [1.54, 1.807) is 13.4 Å². The number of rotatable bonds is 5. The molecular weight excluding hydrogens is 330 g/mol. The standard InChI is InChI=1S/C16H16ClN5O2/c1-18-14-13-15(21-16(17)20-14)22(9-19-13)8-11-5-3-10(4-6-11)7-12(23)24-2/h3-6,9H,7-8H2,1-2H3,(H,18,20,21). The van der Waals surface area contributed by atoms with Gasteiger partial charge in [0, 0.05) is 7.05 Å². The van der Waals surface area contributed by atoms with Crippen molar-refractivity contribution in [3.05, 3.63) is 47.0 Å². The van der Waals surface area contributed by atoms with Gasteiger partial charge in [-0.25, -0.2) is 4.98 Å². The van der Waals surface area contributed by atoms with Gasteiger partial charge in [-0.15, -0.1) is 0 Å². The van der Waals surface area contributed by atoms with Crippen molar-refractivity contribution in [2.75, 3.05) is 19.5 Å². The normalized spacial score (nSPS) is 10.8. The molecule has 0 bridgehead atoms. The molecule has 0 amide bonds. The number of hydrogen-bond donors (Lipinski definition) is 1. The van der Waals surface area contributed by atoms with Crippen LogP contribution in [0.15, 0.2) is 30.6 Å². The molecule has 0 aliphatic heterocycles. The van der Waals surface area contributed by atoms with Gasteiger partial charge in [0.1, 0.15) is 0 Å². The molecule has 0 spiro atoms. The average Bonchev–Trinajstić information content (AvgIpc) is 2.98.